The van der Waals surface area contributed by atoms with Crippen molar-refractivity contribution in [3.63, 3.8) is 0 Å². The van der Waals surface area contributed by atoms with Gasteiger partial charge in [0.2, 0.25) is 10.0 Å². The maximum absolute atomic E-state index is 12.7. The predicted molar refractivity (Wildman–Crippen MR) is 54.0 cm³/mol. The van der Waals surface area contributed by atoms with E-state index in [4.69, 9.17) is 5.26 Å². The van der Waals surface area contributed by atoms with E-state index in [9.17, 15) is 17.2 Å². The molecule has 0 aliphatic rings. The zero-order chi connectivity index (χ0) is 12.3. The lowest BCUT2D eigenvalue weighted by Gasteiger charge is -2.09. The van der Waals surface area contributed by atoms with Crippen molar-refractivity contribution < 1.29 is 17.2 Å². The Morgan fingerprint density at radius 2 is 1.81 bits per heavy atom. The quantitative estimate of drug-likeness (QED) is 0.880. The SMILES string of the molecule is CC(C#N)S(=O)(=O)Nc1cc(F)cc(F)c1. The van der Waals surface area contributed by atoms with Crippen molar-refractivity contribution in [3.8, 4) is 6.07 Å². The molecule has 0 bridgehead atoms. The number of hydrogen-bond acceptors (Lipinski definition) is 3. The Labute approximate surface area is 91.6 Å². The van der Waals surface area contributed by atoms with E-state index >= 15 is 0 Å². The highest BCUT2D eigenvalue weighted by Gasteiger charge is 2.20. The molecule has 0 spiro atoms. The average molecular weight is 246 g/mol. The van der Waals surface area contributed by atoms with Gasteiger partial charge in [-0.15, -0.1) is 0 Å². The van der Waals surface area contributed by atoms with E-state index in [1.165, 1.54) is 6.07 Å². The minimum Gasteiger partial charge on any atom is -0.282 e. The Morgan fingerprint density at radius 1 is 1.31 bits per heavy atom. The highest BCUT2D eigenvalue weighted by Crippen LogP contribution is 2.15. The summed E-state index contributed by atoms with van der Waals surface area (Å²) < 4.78 is 50.2. The van der Waals surface area contributed by atoms with Gasteiger partial charge in [0.25, 0.3) is 0 Å². The zero-order valence-corrected chi connectivity index (χ0v) is 9.05. The molecule has 16 heavy (non-hydrogen) atoms. The fourth-order valence-electron chi connectivity index (χ4n) is 0.935. The van der Waals surface area contributed by atoms with E-state index in [1.807, 2.05) is 4.72 Å². The highest BCUT2D eigenvalue weighted by atomic mass is 32.2. The molecule has 1 aromatic carbocycles. The smallest absolute Gasteiger partial charge is 0.248 e. The number of sulfonamides is 1. The second kappa shape index (κ2) is 4.45. The van der Waals surface area contributed by atoms with E-state index in [1.54, 1.807) is 0 Å². The molecule has 0 fully saturated rings. The number of halogens is 2. The largest absolute Gasteiger partial charge is 0.282 e. The van der Waals surface area contributed by atoms with Gasteiger partial charge in [-0.05, 0) is 19.1 Å². The van der Waals surface area contributed by atoms with Gasteiger partial charge in [0.05, 0.1) is 11.8 Å². The molecule has 1 atom stereocenters. The third-order valence-corrected chi connectivity index (χ3v) is 3.33. The molecule has 0 saturated heterocycles. The summed E-state index contributed by atoms with van der Waals surface area (Å²) in [5.74, 6) is -1.80. The first-order valence-electron chi connectivity index (χ1n) is 4.22. The first-order chi connectivity index (χ1) is 7.35. The van der Waals surface area contributed by atoms with Crippen LogP contribution < -0.4 is 4.72 Å². The topological polar surface area (TPSA) is 70.0 Å². The lowest BCUT2D eigenvalue weighted by molar-refractivity contribution is 0.584. The molecular weight excluding hydrogens is 238 g/mol. The maximum atomic E-state index is 12.7. The summed E-state index contributed by atoms with van der Waals surface area (Å²) in [7, 11) is -3.94. The zero-order valence-electron chi connectivity index (χ0n) is 8.24. The maximum Gasteiger partial charge on any atom is 0.248 e. The van der Waals surface area contributed by atoms with Crippen LogP contribution in [0.5, 0.6) is 0 Å². The van der Waals surface area contributed by atoms with Gasteiger partial charge in [0.1, 0.15) is 11.6 Å². The molecule has 0 aromatic heterocycles. The number of nitriles is 1. The predicted octanol–water partition coefficient (Wildman–Crippen LogP) is 1.62. The number of benzene rings is 1. The van der Waals surface area contributed by atoms with Crippen LogP contribution in [0, 0.1) is 23.0 Å². The monoisotopic (exact) mass is 246 g/mol. The van der Waals surface area contributed by atoms with Gasteiger partial charge in [-0.25, -0.2) is 17.2 Å². The number of anilines is 1. The Morgan fingerprint density at radius 3 is 2.25 bits per heavy atom. The summed E-state index contributed by atoms with van der Waals surface area (Å²) >= 11 is 0. The lowest BCUT2D eigenvalue weighted by atomic mass is 10.3. The third kappa shape index (κ3) is 2.90. The molecule has 0 amide bonds. The summed E-state index contributed by atoms with van der Waals surface area (Å²) in [6.45, 7) is 1.16. The van der Waals surface area contributed by atoms with Crippen LogP contribution in [-0.4, -0.2) is 13.7 Å². The molecule has 1 rings (SSSR count). The molecule has 0 radical (unpaired) electrons. The summed E-state index contributed by atoms with van der Waals surface area (Å²) in [5, 5.41) is 7.13. The fraction of sp³-hybridized carbons (Fsp3) is 0.222. The first kappa shape index (κ1) is 12.4. The Hall–Kier alpha value is -1.68. The van der Waals surface area contributed by atoms with Crippen LogP contribution in [0.2, 0.25) is 0 Å². The van der Waals surface area contributed by atoms with Crippen LogP contribution in [-0.2, 0) is 10.0 Å². The van der Waals surface area contributed by atoms with Crippen molar-refractivity contribution in [3.05, 3.63) is 29.8 Å². The van der Waals surface area contributed by atoms with Crippen molar-refractivity contribution in [2.45, 2.75) is 12.2 Å². The summed E-state index contributed by atoms with van der Waals surface area (Å²) in [5.41, 5.74) is -0.250. The molecule has 1 aromatic rings. The second-order valence-electron chi connectivity index (χ2n) is 3.08. The van der Waals surface area contributed by atoms with Crippen LogP contribution in [0.3, 0.4) is 0 Å². The van der Waals surface area contributed by atoms with E-state index in [-0.39, 0.29) is 5.69 Å². The molecule has 7 heteroatoms. The first-order valence-corrected chi connectivity index (χ1v) is 5.77. The minimum atomic E-state index is -3.94. The summed E-state index contributed by atoms with van der Waals surface area (Å²) in [6, 6.07) is 3.78. The van der Waals surface area contributed by atoms with E-state index in [0.717, 1.165) is 19.1 Å². The van der Waals surface area contributed by atoms with E-state index < -0.39 is 26.9 Å². The fourth-order valence-corrected chi connectivity index (χ4v) is 1.70. The molecule has 0 heterocycles. The van der Waals surface area contributed by atoms with Crippen LogP contribution >= 0.6 is 0 Å². The van der Waals surface area contributed by atoms with Gasteiger partial charge in [0, 0.05) is 6.07 Å². The number of hydrogen-bond donors (Lipinski definition) is 1. The van der Waals surface area contributed by atoms with Crippen molar-refractivity contribution in [2.75, 3.05) is 4.72 Å². The van der Waals surface area contributed by atoms with Crippen molar-refractivity contribution in [2.24, 2.45) is 0 Å². The number of nitrogens with zero attached hydrogens (tertiary/aromatic N) is 1. The van der Waals surface area contributed by atoms with Crippen LogP contribution in [0.25, 0.3) is 0 Å². The van der Waals surface area contributed by atoms with Crippen molar-refractivity contribution in [1.29, 1.82) is 5.26 Å². The molecule has 86 valence electrons. The Balaban J connectivity index is 3.02. The van der Waals surface area contributed by atoms with Gasteiger partial charge in [-0.2, -0.15) is 5.26 Å². The van der Waals surface area contributed by atoms with Gasteiger partial charge in [-0.1, -0.05) is 0 Å². The molecule has 0 saturated carbocycles. The summed E-state index contributed by atoms with van der Waals surface area (Å²) in [6.07, 6.45) is 0. The lowest BCUT2D eigenvalue weighted by Crippen LogP contribution is -2.23. The number of nitrogens with one attached hydrogen (secondary N) is 1. The van der Waals surface area contributed by atoms with Crippen LogP contribution in [0.15, 0.2) is 18.2 Å². The van der Waals surface area contributed by atoms with Gasteiger partial charge in [-0.3, -0.25) is 4.72 Å². The molecule has 0 aliphatic heterocycles. The molecule has 1 unspecified atom stereocenters. The van der Waals surface area contributed by atoms with Crippen LogP contribution in [0.4, 0.5) is 14.5 Å². The van der Waals surface area contributed by atoms with Crippen molar-refractivity contribution in [1.82, 2.24) is 0 Å². The number of rotatable bonds is 3. The van der Waals surface area contributed by atoms with Crippen molar-refractivity contribution >= 4 is 15.7 Å². The average Bonchev–Trinajstić information content (AvgIpc) is 2.13. The molecular formula is C9H8F2N2O2S. The van der Waals surface area contributed by atoms with Gasteiger partial charge < -0.3 is 0 Å². The van der Waals surface area contributed by atoms with Crippen LogP contribution in [0.1, 0.15) is 6.92 Å². The summed E-state index contributed by atoms with van der Waals surface area (Å²) in [4.78, 5) is 0. The Kier molecular flexibility index (Phi) is 3.44. The highest BCUT2D eigenvalue weighted by molar-refractivity contribution is 7.93. The third-order valence-electron chi connectivity index (χ3n) is 1.77. The van der Waals surface area contributed by atoms with E-state index in [0.29, 0.717) is 6.07 Å². The Bertz CT molecular complexity index is 517. The normalized spacial score (nSPS) is 12.9. The van der Waals surface area contributed by atoms with Gasteiger partial charge >= 0.3 is 0 Å². The molecule has 1 N–H and O–H groups in total. The molecule has 4 nitrogen and oxygen atoms in total. The standard InChI is InChI=1S/C9H8F2N2O2S/c1-6(5-12)16(14,15)13-9-3-7(10)2-8(11)4-9/h2-4,6,13H,1H3. The molecule has 0 aliphatic carbocycles. The minimum absolute atomic E-state index is 0.250. The second-order valence-corrected chi connectivity index (χ2v) is 5.08. The van der Waals surface area contributed by atoms with Gasteiger partial charge in [0.15, 0.2) is 5.25 Å². The van der Waals surface area contributed by atoms with E-state index in [2.05, 4.69) is 0 Å².